The monoisotopic (exact) mass is 301 g/mol. The number of ether oxygens (including phenoxy) is 1. The number of benzene rings is 1. The first kappa shape index (κ1) is 14.6. The summed E-state index contributed by atoms with van der Waals surface area (Å²) in [5, 5.41) is 6.29. The average Bonchev–Trinajstić information content (AvgIpc) is 2.86. The van der Waals surface area contributed by atoms with Crippen molar-refractivity contribution in [2.45, 2.75) is 6.92 Å². The molecule has 2 rings (SSSR count). The summed E-state index contributed by atoms with van der Waals surface area (Å²) in [5.74, 6) is -0.723. The Labute approximate surface area is 125 Å². The molecule has 2 N–H and O–H groups in total. The summed E-state index contributed by atoms with van der Waals surface area (Å²) in [7, 11) is 0. The molecule has 0 aliphatic carbocycles. The number of esters is 1. The highest BCUT2D eigenvalue weighted by Crippen LogP contribution is 2.25. The van der Waals surface area contributed by atoms with Crippen molar-refractivity contribution in [1.82, 2.24) is 4.98 Å². The minimum absolute atomic E-state index is 0.195. The summed E-state index contributed by atoms with van der Waals surface area (Å²) in [6.07, 6.45) is 6.62. The number of nitrogens with zero attached hydrogens (tertiary/aromatic N) is 1. The first-order valence-electron chi connectivity index (χ1n) is 5.86. The van der Waals surface area contributed by atoms with Crippen LogP contribution in [0.25, 0.3) is 0 Å². The van der Waals surface area contributed by atoms with Crippen molar-refractivity contribution in [3.05, 3.63) is 36.0 Å². The molecule has 1 aromatic heterocycles. The topological polar surface area (TPSA) is 80.3 Å². The van der Waals surface area contributed by atoms with Crippen LogP contribution in [0, 0.1) is 12.5 Å². The lowest BCUT2D eigenvalue weighted by Gasteiger charge is -2.07. The van der Waals surface area contributed by atoms with Crippen molar-refractivity contribution in [3.63, 3.8) is 0 Å². The molecule has 0 spiro atoms. The van der Waals surface area contributed by atoms with Crippen LogP contribution in [0.5, 0.6) is 5.75 Å². The summed E-state index contributed by atoms with van der Waals surface area (Å²) in [5.41, 5.74) is 0.245. The SMILES string of the molecule is C#CNc1cnc(NC(=O)c2ccccc2OC(C)=O)s1. The van der Waals surface area contributed by atoms with Crippen molar-refractivity contribution < 1.29 is 14.3 Å². The zero-order valence-corrected chi connectivity index (χ0v) is 11.9. The van der Waals surface area contributed by atoms with Crippen molar-refractivity contribution in [2.24, 2.45) is 0 Å². The molecule has 6 nitrogen and oxygen atoms in total. The van der Waals surface area contributed by atoms with Crippen LogP contribution in [0.15, 0.2) is 30.5 Å². The van der Waals surface area contributed by atoms with Crippen LogP contribution in [0.4, 0.5) is 10.1 Å². The van der Waals surface area contributed by atoms with Gasteiger partial charge in [-0.2, -0.15) is 0 Å². The van der Waals surface area contributed by atoms with E-state index in [0.29, 0.717) is 10.1 Å². The van der Waals surface area contributed by atoms with Gasteiger partial charge >= 0.3 is 5.97 Å². The van der Waals surface area contributed by atoms with E-state index in [1.807, 2.05) is 0 Å². The Morgan fingerprint density at radius 3 is 2.86 bits per heavy atom. The number of amides is 1. The normalized spacial score (nSPS) is 9.52. The maximum Gasteiger partial charge on any atom is 0.308 e. The van der Waals surface area contributed by atoms with Crippen LogP contribution in [-0.4, -0.2) is 16.9 Å². The van der Waals surface area contributed by atoms with E-state index in [2.05, 4.69) is 21.7 Å². The van der Waals surface area contributed by atoms with Gasteiger partial charge in [-0.1, -0.05) is 29.9 Å². The third-order valence-electron chi connectivity index (χ3n) is 2.31. The van der Waals surface area contributed by atoms with E-state index >= 15 is 0 Å². The number of thiazole rings is 1. The fourth-order valence-electron chi connectivity index (χ4n) is 1.52. The Morgan fingerprint density at radius 2 is 2.14 bits per heavy atom. The first-order chi connectivity index (χ1) is 10.1. The number of hydrogen-bond donors (Lipinski definition) is 2. The van der Waals surface area contributed by atoms with Gasteiger partial charge < -0.3 is 10.1 Å². The van der Waals surface area contributed by atoms with Gasteiger partial charge in [0.1, 0.15) is 10.8 Å². The number of aromatic nitrogens is 1. The third-order valence-corrected chi connectivity index (χ3v) is 3.14. The van der Waals surface area contributed by atoms with Crippen LogP contribution in [0.1, 0.15) is 17.3 Å². The van der Waals surface area contributed by atoms with Crippen LogP contribution in [-0.2, 0) is 4.79 Å². The van der Waals surface area contributed by atoms with Gasteiger partial charge in [0.15, 0.2) is 5.13 Å². The van der Waals surface area contributed by atoms with Crippen LogP contribution in [0.2, 0.25) is 0 Å². The minimum Gasteiger partial charge on any atom is -0.426 e. The van der Waals surface area contributed by atoms with Gasteiger partial charge in [0.05, 0.1) is 11.8 Å². The van der Waals surface area contributed by atoms with Crippen molar-refractivity contribution >= 4 is 33.3 Å². The summed E-state index contributed by atoms with van der Waals surface area (Å²) in [6, 6.07) is 8.72. The lowest BCUT2D eigenvalue weighted by molar-refractivity contribution is -0.131. The fourth-order valence-corrected chi connectivity index (χ4v) is 2.20. The number of carbonyl (C=O) groups excluding carboxylic acids is 2. The molecule has 0 unspecified atom stereocenters. The molecule has 0 saturated heterocycles. The summed E-state index contributed by atoms with van der Waals surface area (Å²) in [6.45, 7) is 1.27. The van der Waals surface area contributed by atoms with Gasteiger partial charge in [-0.05, 0) is 12.1 Å². The molecular weight excluding hydrogens is 290 g/mol. The number of carbonyl (C=O) groups is 2. The summed E-state index contributed by atoms with van der Waals surface area (Å²) >= 11 is 1.20. The highest BCUT2D eigenvalue weighted by molar-refractivity contribution is 7.19. The lowest BCUT2D eigenvalue weighted by Crippen LogP contribution is -2.14. The number of anilines is 2. The quantitative estimate of drug-likeness (QED) is 0.392. The van der Waals surface area contributed by atoms with Crippen LogP contribution < -0.4 is 15.4 Å². The minimum atomic E-state index is -0.495. The number of rotatable bonds is 4. The van der Waals surface area contributed by atoms with Gasteiger partial charge in [-0.3, -0.25) is 14.9 Å². The van der Waals surface area contributed by atoms with Crippen LogP contribution >= 0.6 is 11.3 Å². The van der Waals surface area contributed by atoms with Gasteiger partial charge in [0.25, 0.3) is 5.91 Å². The number of hydrogen-bond acceptors (Lipinski definition) is 6. The molecule has 2 aromatic rings. The maximum absolute atomic E-state index is 12.2. The van der Waals surface area contributed by atoms with Crippen molar-refractivity contribution in [1.29, 1.82) is 0 Å². The highest BCUT2D eigenvalue weighted by atomic mass is 32.1. The molecule has 1 aromatic carbocycles. The molecular formula is C14H11N3O3S. The van der Waals surface area contributed by atoms with E-state index < -0.39 is 11.9 Å². The number of nitrogens with one attached hydrogen (secondary N) is 2. The summed E-state index contributed by atoms with van der Waals surface area (Å²) < 4.78 is 4.99. The Kier molecular flexibility index (Phi) is 4.53. The predicted octanol–water partition coefficient (Wildman–Crippen LogP) is 2.32. The molecule has 0 aliphatic rings. The molecule has 1 amide bonds. The van der Waals surface area contributed by atoms with E-state index in [-0.39, 0.29) is 11.3 Å². The van der Waals surface area contributed by atoms with Gasteiger partial charge in [-0.25, -0.2) is 4.98 Å². The molecule has 106 valence electrons. The maximum atomic E-state index is 12.2. The zero-order chi connectivity index (χ0) is 15.2. The Balaban J connectivity index is 2.16. The lowest BCUT2D eigenvalue weighted by atomic mass is 10.2. The van der Waals surface area contributed by atoms with E-state index in [4.69, 9.17) is 11.2 Å². The van der Waals surface area contributed by atoms with E-state index in [0.717, 1.165) is 0 Å². The molecule has 1 heterocycles. The molecule has 0 saturated carbocycles. The van der Waals surface area contributed by atoms with E-state index in [1.165, 1.54) is 24.5 Å². The van der Waals surface area contributed by atoms with Crippen LogP contribution in [0.3, 0.4) is 0 Å². The number of para-hydroxylation sites is 1. The second-order valence-electron chi connectivity index (χ2n) is 3.84. The molecule has 7 heteroatoms. The Morgan fingerprint density at radius 1 is 1.38 bits per heavy atom. The highest BCUT2D eigenvalue weighted by Gasteiger charge is 2.15. The molecule has 0 aliphatic heterocycles. The molecule has 0 bridgehead atoms. The molecule has 0 fully saturated rings. The summed E-state index contributed by atoms with van der Waals surface area (Å²) in [4.78, 5) is 27.2. The standard InChI is InChI=1S/C14H11N3O3S/c1-3-15-12-8-16-14(21-12)17-13(19)10-6-4-5-7-11(10)20-9(2)18/h1,4-8,15H,2H3,(H,16,17,19). The average molecular weight is 301 g/mol. The Bertz CT molecular complexity index is 718. The first-order valence-corrected chi connectivity index (χ1v) is 6.68. The Hall–Kier alpha value is -2.85. The molecule has 0 radical (unpaired) electrons. The second-order valence-corrected chi connectivity index (χ2v) is 4.87. The molecule has 21 heavy (non-hydrogen) atoms. The van der Waals surface area contributed by atoms with Crippen molar-refractivity contribution in [3.8, 4) is 18.2 Å². The second kappa shape index (κ2) is 6.54. The van der Waals surface area contributed by atoms with E-state index in [9.17, 15) is 9.59 Å². The third kappa shape index (κ3) is 3.81. The van der Waals surface area contributed by atoms with Crippen molar-refractivity contribution in [2.75, 3.05) is 10.6 Å². The van der Waals surface area contributed by atoms with Gasteiger partial charge in [0, 0.05) is 13.0 Å². The molecule has 0 atom stereocenters. The smallest absolute Gasteiger partial charge is 0.308 e. The van der Waals surface area contributed by atoms with Gasteiger partial charge in [0.2, 0.25) is 0 Å². The predicted molar refractivity (Wildman–Crippen MR) is 80.3 cm³/mol. The number of terminal acetylenes is 1. The van der Waals surface area contributed by atoms with E-state index in [1.54, 1.807) is 24.3 Å². The van der Waals surface area contributed by atoms with Gasteiger partial charge in [-0.15, -0.1) is 0 Å². The zero-order valence-electron chi connectivity index (χ0n) is 11.0. The fraction of sp³-hybridized carbons (Fsp3) is 0.0714. The largest absolute Gasteiger partial charge is 0.426 e.